The maximum atomic E-state index is 10.6. The fourth-order valence-electron chi connectivity index (χ4n) is 0.318. The van der Waals surface area contributed by atoms with Gasteiger partial charge in [0, 0.05) is 5.57 Å². The van der Waals surface area contributed by atoms with E-state index in [2.05, 4.69) is 32.5 Å². The molecule has 0 fully saturated rings. The normalized spacial score (nSPS) is 8.33. The molecule has 0 aliphatic rings. The summed E-state index contributed by atoms with van der Waals surface area (Å²) in [5.41, 5.74) is 0.462. The number of rotatable bonds is 4. The predicted molar refractivity (Wildman–Crippen MR) is 69.1 cm³/mol. The van der Waals surface area contributed by atoms with Gasteiger partial charge in [0.15, 0.2) is 0 Å². The lowest BCUT2D eigenvalue weighted by Gasteiger charge is -2.00. The number of nitrogens with zero attached hydrogens (tertiary/aromatic N) is 2. The Kier molecular flexibility index (Phi) is 18.5. The van der Waals surface area contributed by atoms with E-state index in [4.69, 9.17) is 20.1 Å². The summed E-state index contributed by atoms with van der Waals surface area (Å²) in [7, 11) is 4.11. The van der Waals surface area contributed by atoms with Crippen LogP contribution in [0.1, 0.15) is 27.2 Å². The third kappa shape index (κ3) is 36.7. The summed E-state index contributed by atoms with van der Waals surface area (Å²) in [6.07, 6.45) is 0.860. The van der Waals surface area contributed by atoms with Crippen LogP contribution in [0.2, 0.25) is 0 Å². The number of esters is 1. The van der Waals surface area contributed by atoms with Gasteiger partial charge in [0.2, 0.25) is 0 Å². The molecule has 0 rings (SSSR count). The highest BCUT2D eigenvalue weighted by Gasteiger charge is 1.99. The van der Waals surface area contributed by atoms with Crippen molar-refractivity contribution in [3.63, 3.8) is 0 Å². The fourth-order valence-corrected chi connectivity index (χ4v) is 0.318. The molecular formula is C11H24N2O5. The monoisotopic (exact) mass is 264 g/mol. The largest absolute Gasteiger partial charge is 0.462 e. The summed E-state index contributed by atoms with van der Waals surface area (Å²) in [5, 5.41) is 13.6. The smallest absolute Gasteiger partial charge is 0.333 e. The second-order valence-corrected chi connectivity index (χ2v) is 3.55. The first kappa shape index (κ1) is 21.6. The second-order valence-electron chi connectivity index (χ2n) is 3.55. The molecular weight excluding hydrogens is 240 g/mol. The van der Waals surface area contributed by atoms with Crippen LogP contribution in [0.5, 0.6) is 0 Å². The summed E-state index contributed by atoms with van der Waals surface area (Å²) in [5.74, 6) is -0.295. The van der Waals surface area contributed by atoms with E-state index in [1.165, 1.54) is 0 Å². The number of hydrogen-bond donors (Lipinski definition) is 1. The van der Waals surface area contributed by atoms with Crippen LogP contribution < -0.4 is 0 Å². The van der Waals surface area contributed by atoms with E-state index in [-0.39, 0.29) is 5.97 Å². The van der Waals surface area contributed by atoms with Gasteiger partial charge < -0.3 is 14.8 Å². The van der Waals surface area contributed by atoms with E-state index < -0.39 is 5.09 Å². The van der Waals surface area contributed by atoms with E-state index in [0.717, 1.165) is 13.0 Å². The lowest BCUT2D eigenvalue weighted by atomic mass is 10.4. The Morgan fingerprint density at radius 1 is 1.44 bits per heavy atom. The highest BCUT2D eigenvalue weighted by Crippen LogP contribution is 1.91. The van der Waals surface area contributed by atoms with Gasteiger partial charge in [-0.2, -0.15) is 0 Å². The van der Waals surface area contributed by atoms with Crippen molar-refractivity contribution in [2.24, 2.45) is 0 Å². The fraction of sp³-hybridized carbons (Fsp3) is 0.727. The highest BCUT2D eigenvalue weighted by molar-refractivity contribution is 5.86. The minimum absolute atomic E-state index is 0.295. The van der Waals surface area contributed by atoms with Gasteiger partial charge in [-0.15, -0.1) is 10.1 Å². The van der Waals surface area contributed by atoms with Crippen molar-refractivity contribution >= 4 is 5.97 Å². The molecule has 7 nitrogen and oxygen atoms in total. The summed E-state index contributed by atoms with van der Waals surface area (Å²) in [4.78, 5) is 21.1. The lowest BCUT2D eigenvalue weighted by Crippen LogP contribution is -2.08. The van der Waals surface area contributed by atoms with Crippen molar-refractivity contribution < 1.29 is 19.8 Å². The van der Waals surface area contributed by atoms with Gasteiger partial charge in [0.05, 0.1) is 6.61 Å². The van der Waals surface area contributed by atoms with Crippen molar-refractivity contribution in [2.45, 2.75) is 27.2 Å². The van der Waals surface area contributed by atoms with Crippen molar-refractivity contribution in [3.05, 3.63) is 22.3 Å². The molecule has 7 heteroatoms. The van der Waals surface area contributed by atoms with E-state index >= 15 is 0 Å². The molecule has 1 N–H and O–H groups in total. The molecule has 0 bridgehead atoms. The van der Waals surface area contributed by atoms with Crippen LogP contribution in [-0.4, -0.2) is 48.4 Å². The molecule has 18 heavy (non-hydrogen) atoms. The van der Waals surface area contributed by atoms with Crippen molar-refractivity contribution in [1.82, 2.24) is 4.90 Å². The second kappa shape index (κ2) is 15.4. The zero-order valence-electron chi connectivity index (χ0n) is 11.8. The topological polar surface area (TPSA) is 92.9 Å². The average Bonchev–Trinajstić information content (AvgIpc) is 2.25. The van der Waals surface area contributed by atoms with Crippen molar-refractivity contribution in [2.75, 3.05) is 27.2 Å². The molecule has 0 aliphatic heterocycles. The summed E-state index contributed by atoms with van der Waals surface area (Å²) in [6.45, 7) is 10.8. The van der Waals surface area contributed by atoms with E-state index in [1.54, 1.807) is 6.92 Å². The molecule has 0 spiro atoms. The first-order valence-electron chi connectivity index (χ1n) is 5.49. The van der Waals surface area contributed by atoms with Crippen molar-refractivity contribution in [3.8, 4) is 0 Å². The first-order valence-corrected chi connectivity index (χ1v) is 5.49. The number of hydrogen-bond acceptors (Lipinski definition) is 5. The Balaban J connectivity index is -0.000000212. The Labute approximate surface area is 108 Å². The van der Waals surface area contributed by atoms with Crippen LogP contribution in [0.4, 0.5) is 0 Å². The maximum absolute atomic E-state index is 10.6. The van der Waals surface area contributed by atoms with Gasteiger partial charge in [-0.3, -0.25) is 0 Å². The minimum Gasteiger partial charge on any atom is -0.462 e. The maximum Gasteiger partial charge on any atom is 0.333 e. The molecule has 0 amide bonds. The zero-order chi connectivity index (χ0) is 15.1. The third-order valence-electron chi connectivity index (χ3n) is 1.42. The molecule has 0 aromatic heterocycles. The molecule has 0 atom stereocenters. The molecule has 0 aliphatic carbocycles. The summed E-state index contributed by atoms with van der Waals surface area (Å²) >= 11 is 0. The summed E-state index contributed by atoms with van der Waals surface area (Å²) in [6, 6.07) is 0. The molecule has 0 unspecified atom stereocenters. The zero-order valence-corrected chi connectivity index (χ0v) is 11.8. The average molecular weight is 264 g/mol. The lowest BCUT2D eigenvalue weighted by molar-refractivity contribution is -0.742. The number of carbonyl (C=O) groups is 1. The van der Waals surface area contributed by atoms with E-state index in [1.807, 2.05) is 6.92 Å². The first-order chi connectivity index (χ1) is 8.18. The van der Waals surface area contributed by atoms with Gasteiger partial charge in [0.25, 0.3) is 5.09 Å². The Morgan fingerprint density at radius 3 is 1.94 bits per heavy atom. The molecule has 0 aromatic carbocycles. The predicted octanol–water partition coefficient (Wildman–Crippen LogP) is 1.74. The third-order valence-corrected chi connectivity index (χ3v) is 1.42. The minimum atomic E-state index is -1.50. The van der Waals surface area contributed by atoms with Gasteiger partial charge in [0.1, 0.15) is 0 Å². The van der Waals surface area contributed by atoms with Gasteiger partial charge in [-0.05, 0) is 34.0 Å². The quantitative estimate of drug-likeness (QED) is 0.360. The van der Waals surface area contributed by atoms with Gasteiger partial charge in [-0.25, -0.2) is 4.79 Å². The number of carbonyl (C=O) groups excluding carboxylic acids is 1. The van der Waals surface area contributed by atoms with Crippen LogP contribution in [0.15, 0.2) is 12.2 Å². The number of ether oxygens (including phenoxy) is 1. The SMILES string of the molecule is C=C(C)C(=O)OCCC.CCN(C)C.O=[N+]([O-])O. The van der Waals surface area contributed by atoms with E-state index in [0.29, 0.717) is 12.2 Å². The molecule has 0 radical (unpaired) electrons. The molecule has 0 saturated carbocycles. The molecule has 108 valence electrons. The van der Waals surface area contributed by atoms with Gasteiger partial charge in [-0.1, -0.05) is 20.4 Å². The Morgan fingerprint density at radius 2 is 1.78 bits per heavy atom. The van der Waals surface area contributed by atoms with Crippen LogP contribution >= 0.6 is 0 Å². The van der Waals surface area contributed by atoms with Crippen LogP contribution in [0.25, 0.3) is 0 Å². The Bertz CT molecular complexity index is 238. The van der Waals surface area contributed by atoms with Gasteiger partial charge >= 0.3 is 5.97 Å². The Hall–Kier alpha value is -1.63. The summed E-state index contributed by atoms with van der Waals surface area (Å²) < 4.78 is 4.71. The van der Waals surface area contributed by atoms with Crippen LogP contribution in [0, 0.1) is 10.1 Å². The molecule has 0 saturated heterocycles. The van der Waals surface area contributed by atoms with E-state index in [9.17, 15) is 4.79 Å². The molecule has 0 aromatic rings. The van der Waals surface area contributed by atoms with Crippen LogP contribution in [0.3, 0.4) is 0 Å². The standard InChI is InChI=1S/C7H12O2.C4H11N.HNO3/c1-4-5-9-7(8)6(2)3;1-4-5(2)3;2-1(3)4/h2,4-5H2,1,3H3;4H2,1-3H3;(H,2,3,4). The van der Waals surface area contributed by atoms with Crippen molar-refractivity contribution in [1.29, 1.82) is 0 Å². The molecule has 0 heterocycles. The van der Waals surface area contributed by atoms with Crippen LogP contribution in [-0.2, 0) is 9.53 Å². The highest BCUT2D eigenvalue weighted by atomic mass is 16.9.